The summed E-state index contributed by atoms with van der Waals surface area (Å²) in [6.45, 7) is 2.70. The Bertz CT molecular complexity index is 1030. The van der Waals surface area contributed by atoms with E-state index >= 15 is 0 Å². The summed E-state index contributed by atoms with van der Waals surface area (Å²) < 4.78 is 1.66. The van der Waals surface area contributed by atoms with E-state index in [4.69, 9.17) is 5.26 Å². The minimum Gasteiger partial charge on any atom is -0.347 e. The predicted octanol–water partition coefficient (Wildman–Crippen LogP) is 3.26. The molecule has 1 N–H and O–H groups in total. The third kappa shape index (κ3) is 4.52. The van der Waals surface area contributed by atoms with E-state index in [1.165, 1.54) is 0 Å². The second-order valence-corrected chi connectivity index (χ2v) is 7.12. The van der Waals surface area contributed by atoms with Gasteiger partial charge in [-0.1, -0.05) is 53.8 Å². The molecule has 0 radical (unpaired) electrons. The maximum Gasteiger partial charge on any atom is 0.308 e. The van der Waals surface area contributed by atoms with Gasteiger partial charge in [0.2, 0.25) is 0 Å². The zero-order valence-corrected chi connectivity index (χ0v) is 15.8. The van der Waals surface area contributed by atoms with Crippen molar-refractivity contribution in [3.05, 3.63) is 91.5 Å². The lowest BCUT2D eigenvalue weighted by molar-refractivity contribution is 0.0954. The summed E-state index contributed by atoms with van der Waals surface area (Å²) in [4.78, 5) is 25.1. The standard InChI is InChI=1S/C21H19N3O2S/c1-15-19(20(25)23-14-18-9-7-17(13-22)8-10-18)27-21(26)24(15)12-11-16-5-3-2-4-6-16/h2-10H,11-12,14H2,1H3,(H,23,25). The number of carbonyl (C=O) groups excluding carboxylic acids is 1. The number of benzene rings is 2. The van der Waals surface area contributed by atoms with Gasteiger partial charge in [-0.25, -0.2) is 0 Å². The molecule has 0 aliphatic heterocycles. The van der Waals surface area contributed by atoms with Crippen molar-refractivity contribution in [3.8, 4) is 6.07 Å². The highest BCUT2D eigenvalue weighted by Gasteiger charge is 2.17. The zero-order valence-electron chi connectivity index (χ0n) is 14.9. The molecule has 0 unspecified atom stereocenters. The third-order valence-corrected chi connectivity index (χ3v) is 5.43. The molecule has 0 bridgehead atoms. The number of thiazole rings is 1. The summed E-state index contributed by atoms with van der Waals surface area (Å²) in [6, 6.07) is 19.1. The first-order valence-electron chi connectivity index (χ1n) is 8.60. The molecule has 0 aliphatic carbocycles. The Labute approximate surface area is 161 Å². The lowest BCUT2D eigenvalue weighted by Gasteiger charge is -2.07. The highest BCUT2D eigenvalue weighted by atomic mass is 32.1. The van der Waals surface area contributed by atoms with Crippen molar-refractivity contribution in [3.63, 3.8) is 0 Å². The Morgan fingerprint density at radius 3 is 2.48 bits per heavy atom. The van der Waals surface area contributed by atoms with Crippen LogP contribution < -0.4 is 10.2 Å². The van der Waals surface area contributed by atoms with E-state index < -0.39 is 0 Å². The number of carbonyl (C=O) groups is 1. The van der Waals surface area contributed by atoms with Gasteiger partial charge in [0.25, 0.3) is 5.91 Å². The Morgan fingerprint density at radius 1 is 1.11 bits per heavy atom. The van der Waals surface area contributed by atoms with Gasteiger partial charge in [-0.3, -0.25) is 9.59 Å². The summed E-state index contributed by atoms with van der Waals surface area (Å²) in [5.74, 6) is -0.252. The number of amides is 1. The first kappa shape index (κ1) is 18.6. The average molecular weight is 377 g/mol. The molecule has 6 heteroatoms. The zero-order chi connectivity index (χ0) is 19.2. The fourth-order valence-electron chi connectivity index (χ4n) is 2.79. The van der Waals surface area contributed by atoms with Crippen molar-refractivity contribution in [2.75, 3.05) is 0 Å². The van der Waals surface area contributed by atoms with Crippen molar-refractivity contribution < 1.29 is 4.79 Å². The predicted molar refractivity (Wildman–Crippen MR) is 106 cm³/mol. The van der Waals surface area contributed by atoms with Crippen LogP contribution in [0.2, 0.25) is 0 Å². The molecule has 1 aromatic heterocycles. The fraction of sp³-hybridized carbons (Fsp3) is 0.190. The van der Waals surface area contributed by atoms with Gasteiger partial charge in [0, 0.05) is 18.8 Å². The number of aromatic nitrogens is 1. The number of nitriles is 1. The molecular formula is C21H19N3O2S. The summed E-state index contributed by atoms with van der Waals surface area (Å²) in [7, 11) is 0. The van der Waals surface area contributed by atoms with E-state index in [0.717, 1.165) is 28.9 Å². The van der Waals surface area contributed by atoms with Crippen LogP contribution in [0.1, 0.15) is 32.1 Å². The van der Waals surface area contributed by atoms with E-state index in [1.807, 2.05) is 30.3 Å². The van der Waals surface area contributed by atoms with Crippen LogP contribution in [0, 0.1) is 18.3 Å². The molecule has 1 heterocycles. The summed E-state index contributed by atoms with van der Waals surface area (Å²) in [5.41, 5.74) is 3.32. The minimum absolute atomic E-state index is 0.119. The van der Waals surface area contributed by atoms with Gasteiger partial charge in [-0.15, -0.1) is 0 Å². The number of nitrogens with one attached hydrogen (secondary N) is 1. The minimum atomic E-state index is -0.252. The quantitative estimate of drug-likeness (QED) is 0.716. The van der Waals surface area contributed by atoms with Crippen LogP contribution in [0.3, 0.4) is 0 Å². The van der Waals surface area contributed by atoms with Gasteiger partial charge in [0.15, 0.2) is 0 Å². The summed E-state index contributed by atoms with van der Waals surface area (Å²) >= 11 is 0.978. The Hall–Kier alpha value is -3.17. The molecule has 3 rings (SSSR count). The Kier molecular flexibility index (Phi) is 5.84. The lowest BCUT2D eigenvalue weighted by Crippen LogP contribution is -2.23. The van der Waals surface area contributed by atoms with Crippen molar-refractivity contribution in [1.29, 1.82) is 5.26 Å². The van der Waals surface area contributed by atoms with Crippen LogP contribution in [0.4, 0.5) is 0 Å². The van der Waals surface area contributed by atoms with Crippen molar-refractivity contribution >= 4 is 17.2 Å². The van der Waals surface area contributed by atoms with Crippen LogP contribution in [0.25, 0.3) is 0 Å². The topological polar surface area (TPSA) is 74.9 Å². The van der Waals surface area contributed by atoms with Crippen LogP contribution >= 0.6 is 11.3 Å². The smallest absolute Gasteiger partial charge is 0.308 e. The molecule has 0 saturated heterocycles. The molecule has 27 heavy (non-hydrogen) atoms. The van der Waals surface area contributed by atoms with Gasteiger partial charge >= 0.3 is 4.87 Å². The Balaban J connectivity index is 1.66. The van der Waals surface area contributed by atoms with Gasteiger partial charge in [0.05, 0.1) is 11.6 Å². The van der Waals surface area contributed by atoms with Gasteiger partial charge < -0.3 is 9.88 Å². The highest BCUT2D eigenvalue weighted by Crippen LogP contribution is 2.13. The molecule has 1 amide bonds. The van der Waals surface area contributed by atoms with Crippen LogP contribution in [-0.2, 0) is 19.5 Å². The maximum atomic E-state index is 12.5. The summed E-state index contributed by atoms with van der Waals surface area (Å²) in [6.07, 6.45) is 0.741. The van der Waals surface area contributed by atoms with Crippen LogP contribution in [0.5, 0.6) is 0 Å². The number of hydrogen-bond donors (Lipinski definition) is 1. The van der Waals surface area contributed by atoms with E-state index in [-0.39, 0.29) is 10.8 Å². The number of rotatable bonds is 6. The average Bonchev–Trinajstić information content (AvgIpc) is 2.99. The molecule has 0 aliphatic rings. The second kappa shape index (κ2) is 8.47. The van der Waals surface area contributed by atoms with Crippen molar-refractivity contribution in [2.45, 2.75) is 26.4 Å². The van der Waals surface area contributed by atoms with Gasteiger partial charge in [0.1, 0.15) is 4.88 Å². The molecule has 3 aromatic rings. The van der Waals surface area contributed by atoms with E-state index in [2.05, 4.69) is 11.4 Å². The molecule has 0 fully saturated rings. The molecule has 136 valence electrons. The third-order valence-electron chi connectivity index (χ3n) is 4.35. The van der Waals surface area contributed by atoms with Gasteiger partial charge in [-0.05, 0) is 36.6 Å². The van der Waals surface area contributed by atoms with Gasteiger partial charge in [-0.2, -0.15) is 5.26 Å². The second-order valence-electron chi connectivity index (χ2n) is 6.16. The monoisotopic (exact) mass is 377 g/mol. The van der Waals surface area contributed by atoms with Crippen molar-refractivity contribution in [2.24, 2.45) is 0 Å². The van der Waals surface area contributed by atoms with Crippen LogP contribution in [-0.4, -0.2) is 10.5 Å². The van der Waals surface area contributed by atoms with E-state index in [0.29, 0.717) is 29.2 Å². The molecule has 0 atom stereocenters. The maximum absolute atomic E-state index is 12.5. The van der Waals surface area contributed by atoms with E-state index in [9.17, 15) is 9.59 Å². The molecular weight excluding hydrogens is 358 g/mol. The highest BCUT2D eigenvalue weighted by molar-refractivity contribution is 7.11. The molecule has 2 aromatic carbocycles. The van der Waals surface area contributed by atoms with Crippen LogP contribution in [0.15, 0.2) is 59.4 Å². The largest absolute Gasteiger partial charge is 0.347 e. The fourth-order valence-corrected chi connectivity index (χ4v) is 3.73. The van der Waals surface area contributed by atoms with E-state index in [1.54, 1.807) is 35.8 Å². The number of nitrogens with zero attached hydrogens (tertiary/aromatic N) is 2. The number of hydrogen-bond acceptors (Lipinski definition) is 4. The Morgan fingerprint density at radius 2 is 1.81 bits per heavy atom. The molecule has 0 saturated carbocycles. The SMILES string of the molecule is Cc1c(C(=O)NCc2ccc(C#N)cc2)sc(=O)n1CCc1ccccc1. The molecule has 5 nitrogen and oxygen atoms in total. The first-order chi connectivity index (χ1) is 13.1. The first-order valence-corrected chi connectivity index (χ1v) is 9.41. The van der Waals surface area contributed by atoms with Crippen molar-refractivity contribution in [1.82, 2.24) is 9.88 Å². The molecule has 0 spiro atoms. The number of aryl methyl sites for hydroxylation is 1. The lowest BCUT2D eigenvalue weighted by atomic mass is 10.1. The summed E-state index contributed by atoms with van der Waals surface area (Å²) in [5, 5.41) is 11.7. The normalized spacial score (nSPS) is 10.4.